The normalized spacial score (nSPS) is 11.8. The van der Waals surface area contributed by atoms with Crippen LogP contribution in [0.5, 0.6) is 5.75 Å². The summed E-state index contributed by atoms with van der Waals surface area (Å²) in [4.78, 5) is 11.6. The molecule has 1 N–H and O–H groups in total. The number of carbonyl (C=O) groups is 1. The number of carbonyl (C=O) groups excluding carboxylic acids is 1. The first-order valence-corrected chi connectivity index (χ1v) is 10.3. The Morgan fingerprint density at radius 2 is 1.77 bits per heavy atom. The first kappa shape index (κ1) is 20.6. The Labute approximate surface area is 164 Å². The fourth-order valence-electron chi connectivity index (χ4n) is 2.39. The molecule has 0 spiro atoms. The third kappa shape index (κ3) is 6.23. The van der Waals surface area contributed by atoms with Crippen molar-refractivity contribution in [2.24, 2.45) is 0 Å². The Kier molecular flexibility index (Phi) is 8.28. The molecule has 140 valence electrons. The van der Waals surface area contributed by atoms with E-state index in [1.165, 1.54) is 4.31 Å². The maximum Gasteiger partial charge on any atom is 0.261 e. The number of unbranched alkanes of at least 4 members (excludes halogenated alkanes) is 1. The summed E-state index contributed by atoms with van der Waals surface area (Å²) in [5, 5.41) is 0. The third-order valence-corrected chi connectivity index (χ3v) is 5.12. The maximum atomic E-state index is 11.6. The number of halogens is 1. The summed E-state index contributed by atoms with van der Waals surface area (Å²) in [6.45, 7) is 2.80. The van der Waals surface area contributed by atoms with Gasteiger partial charge in [-0.05, 0) is 61.4 Å². The number of anilines is 1. The summed E-state index contributed by atoms with van der Waals surface area (Å²) >= 11 is 1.29. The fourth-order valence-corrected chi connectivity index (χ4v) is 3.25. The van der Waals surface area contributed by atoms with Gasteiger partial charge in [0.05, 0.1) is 12.3 Å². The van der Waals surface area contributed by atoms with Gasteiger partial charge in [0.15, 0.2) is 5.78 Å². The van der Waals surface area contributed by atoms with Gasteiger partial charge in [-0.15, -0.1) is 0 Å². The van der Waals surface area contributed by atoms with E-state index in [0.717, 1.165) is 17.3 Å². The van der Waals surface area contributed by atoms with E-state index in [2.05, 4.69) is 15.9 Å². The van der Waals surface area contributed by atoms with Crippen molar-refractivity contribution < 1.29 is 18.3 Å². The molecular formula is C19H22BrNO4S. The molecule has 0 amide bonds. The van der Waals surface area contributed by atoms with E-state index in [0.29, 0.717) is 36.6 Å². The molecule has 0 aromatic heterocycles. The zero-order chi connectivity index (χ0) is 18.9. The maximum absolute atomic E-state index is 11.6. The summed E-state index contributed by atoms with van der Waals surface area (Å²) < 4.78 is 29.1. The van der Waals surface area contributed by atoms with Crippen LogP contribution in [0.25, 0.3) is 0 Å². The van der Waals surface area contributed by atoms with Crippen molar-refractivity contribution in [2.75, 3.05) is 17.5 Å². The van der Waals surface area contributed by atoms with Gasteiger partial charge in [0.25, 0.3) is 11.3 Å². The van der Waals surface area contributed by atoms with Crippen molar-refractivity contribution in [1.29, 1.82) is 0 Å². The molecule has 5 nitrogen and oxygen atoms in total. The molecule has 1 unspecified atom stereocenters. The third-order valence-electron chi connectivity index (χ3n) is 3.82. The summed E-state index contributed by atoms with van der Waals surface area (Å²) in [6, 6.07) is 14.4. The first-order valence-electron chi connectivity index (χ1n) is 8.41. The van der Waals surface area contributed by atoms with Crippen LogP contribution in [0.3, 0.4) is 0 Å². The highest BCUT2D eigenvalue weighted by Crippen LogP contribution is 2.20. The molecular weight excluding hydrogens is 418 g/mol. The number of hydrogen-bond donors (Lipinski definition) is 1. The highest BCUT2D eigenvalue weighted by molar-refractivity contribution is 9.10. The van der Waals surface area contributed by atoms with Gasteiger partial charge in [-0.3, -0.25) is 13.7 Å². The minimum Gasteiger partial charge on any atom is -0.494 e. The van der Waals surface area contributed by atoms with E-state index >= 15 is 0 Å². The molecule has 0 aliphatic rings. The number of ketones is 1. The van der Waals surface area contributed by atoms with Crippen molar-refractivity contribution in [3.05, 3.63) is 58.6 Å². The molecule has 0 saturated heterocycles. The van der Waals surface area contributed by atoms with Crippen LogP contribution in [0.2, 0.25) is 0 Å². The number of ether oxygens (including phenoxy) is 1. The molecule has 7 heteroatoms. The van der Waals surface area contributed by atoms with Gasteiger partial charge in [0, 0.05) is 23.0 Å². The van der Waals surface area contributed by atoms with Gasteiger partial charge in [-0.1, -0.05) is 22.9 Å². The standard InChI is InChI=1S/C19H22BrNO4S/c1-2-19(22)15-5-11-18(12-6-15)25-14-4-3-13-21(26(23)24)17-9-7-16(20)8-10-17/h5-12H,2-4,13-14H2,1H3,(H,23,24). The lowest BCUT2D eigenvalue weighted by atomic mass is 10.1. The largest absolute Gasteiger partial charge is 0.494 e. The smallest absolute Gasteiger partial charge is 0.261 e. The second-order valence-electron chi connectivity index (χ2n) is 5.67. The van der Waals surface area contributed by atoms with Crippen LogP contribution in [-0.2, 0) is 11.3 Å². The number of rotatable bonds is 10. The van der Waals surface area contributed by atoms with Crippen molar-refractivity contribution in [3.63, 3.8) is 0 Å². The molecule has 2 aromatic rings. The molecule has 0 aliphatic carbocycles. The topological polar surface area (TPSA) is 66.8 Å². The molecule has 26 heavy (non-hydrogen) atoms. The predicted octanol–water partition coefficient (Wildman–Crippen LogP) is 4.84. The zero-order valence-corrected chi connectivity index (χ0v) is 17.0. The van der Waals surface area contributed by atoms with Crippen molar-refractivity contribution in [1.82, 2.24) is 0 Å². The van der Waals surface area contributed by atoms with Crippen molar-refractivity contribution in [3.8, 4) is 5.75 Å². The molecule has 0 heterocycles. The van der Waals surface area contributed by atoms with Gasteiger partial charge in [0.2, 0.25) is 0 Å². The van der Waals surface area contributed by atoms with Gasteiger partial charge in [0.1, 0.15) is 5.75 Å². The van der Waals surface area contributed by atoms with Crippen LogP contribution >= 0.6 is 15.9 Å². The second kappa shape index (κ2) is 10.4. The monoisotopic (exact) mass is 439 g/mol. The number of benzene rings is 2. The van der Waals surface area contributed by atoms with Crippen molar-refractivity contribution >= 4 is 38.7 Å². The molecule has 2 rings (SSSR count). The highest BCUT2D eigenvalue weighted by Gasteiger charge is 2.11. The number of nitrogens with zero attached hydrogens (tertiary/aromatic N) is 1. The number of hydrogen-bond acceptors (Lipinski definition) is 3. The quantitative estimate of drug-likeness (QED) is 0.326. The van der Waals surface area contributed by atoms with E-state index < -0.39 is 11.3 Å². The number of Topliss-reactive ketones (excluding diaryl/α,β-unsaturated/α-hetero) is 1. The lowest BCUT2D eigenvalue weighted by Crippen LogP contribution is -2.26. The summed E-state index contributed by atoms with van der Waals surface area (Å²) in [5.74, 6) is 0.828. The summed E-state index contributed by atoms with van der Waals surface area (Å²) in [5.41, 5.74) is 1.39. The molecule has 0 saturated carbocycles. The van der Waals surface area contributed by atoms with Crippen LogP contribution in [0, 0.1) is 0 Å². The Hall–Kier alpha value is -1.70. The summed E-state index contributed by atoms with van der Waals surface area (Å²) in [6.07, 6.45) is 1.95. The van der Waals surface area contributed by atoms with Crippen LogP contribution in [-0.4, -0.2) is 27.7 Å². The van der Waals surface area contributed by atoms with Crippen LogP contribution in [0.4, 0.5) is 5.69 Å². The SMILES string of the molecule is CCC(=O)c1ccc(OCCCCN(c2ccc(Br)cc2)S(=O)O)cc1. The van der Waals surface area contributed by atoms with Gasteiger partial charge >= 0.3 is 0 Å². The molecule has 1 atom stereocenters. The van der Waals surface area contributed by atoms with Gasteiger partial charge in [-0.2, -0.15) is 0 Å². The van der Waals surface area contributed by atoms with Crippen LogP contribution in [0.1, 0.15) is 36.5 Å². The molecule has 0 radical (unpaired) electrons. The first-order chi connectivity index (χ1) is 12.5. The Bertz CT molecular complexity index is 734. The lowest BCUT2D eigenvalue weighted by molar-refractivity contribution is 0.0988. The van der Waals surface area contributed by atoms with Gasteiger partial charge < -0.3 is 4.74 Å². The average molecular weight is 440 g/mol. The van der Waals surface area contributed by atoms with E-state index in [9.17, 15) is 13.6 Å². The predicted molar refractivity (Wildman–Crippen MR) is 108 cm³/mol. The van der Waals surface area contributed by atoms with Crippen molar-refractivity contribution in [2.45, 2.75) is 26.2 Å². The Balaban J connectivity index is 1.77. The average Bonchev–Trinajstić information content (AvgIpc) is 2.65. The summed E-state index contributed by atoms with van der Waals surface area (Å²) in [7, 11) is 0. The van der Waals surface area contributed by atoms with E-state index in [1.807, 2.05) is 19.1 Å². The highest BCUT2D eigenvalue weighted by atomic mass is 79.9. The lowest BCUT2D eigenvalue weighted by Gasteiger charge is -2.20. The Morgan fingerprint density at radius 3 is 2.35 bits per heavy atom. The van der Waals surface area contributed by atoms with E-state index in [-0.39, 0.29) is 5.78 Å². The van der Waals surface area contributed by atoms with Crippen LogP contribution in [0.15, 0.2) is 53.0 Å². The minimum absolute atomic E-state index is 0.113. The van der Waals surface area contributed by atoms with E-state index in [4.69, 9.17) is 4.74 Å². The molecule has 2 aromatic carbocycles. The Morgan fingerprint density at radius 1 is 1.12 bits per heavy atom. The fraction of sp³-hybridized carbons (Fsp3) is 0.316. The van der Waals surface area contributed by atoms with Crippen LogP contribution < -0.4 is 9.04 Å². The molecule has 0 aliphatic heterocycles. The van der Waals surface area contributed by atoms with Gasteiger partial charge in [-0.25, -0.2) is 4.21 Å². The van der Waals surface area contributed by atoms with E-state index in [1.54, 1.807) is 36.4 Å². The molecule has 0 bridgehead atoms. The second-order valence-corrected chi connectivity index (χ2v) is 7.48. The molecule has 0 fully saturated rings. The minimum atomic E-state index is -2.07. The zero-order valence-electron chi connectivity index (χ0n) is 14.6.